The van der Waals surface area contributed by atoms with Gasteiger partial charge in [-0.15, -0.1) is 5.54 Å². The highest BCUT2D eigenvalue weighted by Gasteiger charge is 2.07. The molecule has 0 atom stereocenters. The van der Waals surface area contributed by atoms with E-state index in [9.17, 15) is 0 Å². The maximum absolute atomic E-state index is 5.25. The number of thioether (sulfide) groups is 1. The van der Waals surface area contributed by atoms with Gasteiger partial charge in [-0.1, -0.05) is 31.8 Å². The Morgan fingerprint density at radius 2 is 1.87 bits per heavy atom. The number of hydrogen-bond donors (Lipinski definition) is 0. The molecular weight excluding hydrogens is 220 g/mol. The summed E-state index contributed by atoms with van der Waals surface area (Å²) in [5.74, 6) is 0.896. The van der Waals surface area contributed by atoms with Gasteiger partial charge in [0.25, 0.3) is 0 Å². The highest BCUT2D eigenvalue weighted by molar-refractivity contribution is 8.04. The van der Waals surface area contributed by atoms with Crippen LogP contribution in [0.4, 0.5) is 0 Å². The second kappa shape index (κ2) is 5.29. The molecule has 0 saturated heterocycles. The van der Waals surface area contributed by atoms with Gasteiger partial charge in [0, 0.05) is 0 Å². The van der Waals surface area contributed by atoms with Crippen LogP contribution in [0.1, 0.15) is 0 Å². The van der Waals surface area contributed by atoms with Gasteiger partial charge in [0.1, 0.15) is 13.8 Å². The van der Waals surface area contributed by atoms with E-state index >= 15 is 0 Å². The zero-order valence-corrected chi connectivity index (χ0v) is 11.4. The number of methoxy groups -OCH3 is 1. The molecule has 80 valence electrons. The summed E-state index contributed by atoms with van der Waals surface area (Å²) in [6.45, 7) is 6.72. The molecule has 0 aliphatic heterocycles. The van der Waals surface area contributed by atoms with Crippen LogP contribution in [0.3, 0.4) is 0 Å². The van der Waals surface area contributed by atoms with Crippen LogP contribution in [0.2, 0.25) is 19.6 Å². The third-order valence-electron chi connectivity index (χ3n) is 1.66. The van der Waals surface area contributed by atoms with Crippen molar-refractivity contribution in [2.24, 2.45) is 0 Å². The van der Waals surface area contributed by atoms with Crippen LogP contribution < -0.4 is 4.74 Å². The van der Waals surface area contributed by atoms with Crippen LogP contribution in [-0.2, 0) is 0 Å². The standard InChI is InChI=1S/C12H16OSSi/c1-13-11-7-5-6-8-12(11)14-9-10-15(2,3)4/h5-8H,1-4H3. The van der Waals surface area contributed by atoms with Crippen LogP contribution in [0.15, 0.2) is 29.2 Å². The number of hydrogen-bond acceptors (Lipinski definition) is 2. The molecule has 0 saturated carbocycles. The monoisotopic (exact) mass is 236 g/mol. The highest BCUT2D eigenvalue weighted by atomic mass is 32.2. The minimum absolute atomic E-state index is 0.896. The smallest absolute Gasteiger partial charge is 0.133 e. The van der Waals surface area contributed by atoms with Gasteiger partial charge < -0.3 is 4.74 Å². The molecule has 1 rings (SSSR count). The van der Waals surface area contributed by atoms with Crippen molar-refractivity contribution in [1.82, 2.24) is 0 Å². The Balaban J connectivity index is 2.76. The molecule has 0 heterocycles. The minimum Gasteiger partial charge on any atom is -0.496 e. The van der Waals surface area contributed by atoms with Crippen LogP contribution in [-0.4, -0.2) is 15.2 Å². The minimum atomic E-state index is -1.26. The SMILES string of the molecule is COc1ccccc1SC#C[Si](C)(C)C. The zero-order chi connectivity index (χ0) is 11.3. The van der Waals surface area contributed by atoms with Crippen molar-refractivity contribution in [3.8, 4) is 16.5 Å². The lowest BCUT2D eigenvalue weighted by atomic mass is 10.3. The molecule has 0 amide bonds. The molecule has 0 aromatic heterocycles. The van der Waals surface area contributed by atoms with Crippen molar-refractivity contribution in [2.45, 2.75) is 24.5 Å². The maximum Gasteiger partial charge on any atom is 0.133 e. The van der Waals surface area contributed by atoms with E-state index in [1.54, 1.807) is 18.9 Å². The van der Waals surface area contributed by atoms with E-state index in [-0.39, 0.29) is 0 Å². The molecule has 3 heteroatoms. The Morgan fingerprint density at radius 3 is 2.47 bits per heavy atom. The van der Waals surface area contributed by atoms with Crippen molar-refractivity contribution in [3.05, 3.63) is 24.3 Å². The Kier molecular flexibility index (Phi) is 4.31. The number of ether oxygens (including phenoxy) is 1. The van der Waals surface area contributed by atoms with E-state index in [1.165, 1.54) is 0 Å². The van der Waals surface area contributed by atoms with Gasteiger partial charge in [0.05, 0.1) is 12.0 Å². The molecule has 1 aromatic rings. The average molecular weight is 236 g/mol. The molecule has 0 unspecified atom stereocenters. The van der Waals surface area contributed by atoms with E-state index < -0.39 is 8.07 Å². The van der Waals surface area contributed by atoms with Crippen LogP contribution in [0.25, 0.3) is 0 Å². The fraction of sp³-hybridized carbons (Fsp3) is 0.333. The molecule has 0 aliphatic carbocycles. The van der Waals surface area contributed by atoms with Crippen molar-refractivity contribution >= 4 is 19.8 Å². The number of benzene rings is 1. The summed E-state index contributed by atoms with van der Waals surface area (Å²) >= 11 is 1.55. The van der Waals surface area contributed by atoms with Gasteiger partial charge in [-0.05, 0) is 29.1 Å². The Morgan fingerprint density at radius 1 is 1.20 bits per heavy atom. The molecule has 0 N–H and O–H groups in total. The molecule has 15 heavy (non-hydrogen) atoms. The number of para-hydroxylation sites is 1. The quantitative estimate of drug-likeness (QED) is 0.440. The van der Waals surface area contributed by atoms with Crippen LogP contribution >= 0.6 is 11.8 Å². The topological polar surface area (TPSA) is 9.23 Å². The van der Waals surface area contributed by atoms with Crippen molar-refractivity contribution in [3.63, 3.8) is 0 Å². The third-order valence-corrected chi connectivity index (χ3v) is 3.47. The van der Waals surface area contributed by atoms with Crippen molar-refractivity contribution < 1.29 is 4.74 Å². The molecular formula is C12H16OSSi. The summed E-state index contributed by atoms with van der Waals surface area (Å²) in [5, 5.41) is 3.16. The summed E-state index contributed by atoms with van der Waals surface area (Å²) in [6.07, 6.45) is 0. The average Bonchev–Trinajstić information content (AvgIpc) is 2.16. The van der Waals surface area contributed by atoms with Gasteiger partial charge >= 0.3 is 0 Å². The molecule has 1 aromatic carbocycles. The third kappa shape index (κ3) is 4.46. The summed E-state index contributed by atoms with van der Waals surface area (Å²) in [5.41, 5.74) is 3.32. The lowest BCUT2D eigenvalue weighted by molar-refractivity contribution is 0.405. The summed E-state index contributed by atoms with van der Waals surface area (Å²) in [7, 11) is 0.424. The second-order valence-corrected chi connectivity index (χ2v) is 9.83. The predicted octanol–water partition coefficient (Wildman–Crippen LogP) is 3.63. The molecule has 0 aliphatic rings. The van der Waals surface area contributed by atoms with Crippen LogP contribution in [0.5, 0.6) is 5.75 Å². The Hall–Kier alpha value is -0.853. The Bertz CT molecular complexity index is 385. The fourth-order valence-corrected chi connectivity index (χ4v) is 2.87. The van der Waals surface area contributed by atoms with E-state index in [1.807, 2.05) is 24.3 Å². The molecule has 0 radical (unpaired) electrons. The van der Waals surface area contributed by atoms with Gasteiger partial charge in [-0.25, -0.2) is 0 Å². The predicted molar refractivity (Wildman–Crippen MR) is 70.0 cm³/mol. The van der Waals surface area contributed by atoms with E-state index in [0.29, 0.717) is 0 Å². The zero-order valence-electron chi connectivity index (χ0n) is 9.63. The first-order valence-electron chi connectivity index (χ1n) is 4.85. The Labute approximate surface area is 97.2 Å². The molecule has 0 bridgehead atoms. The van der Waals surface area contributed by atoms with E-state index in [2.05, 4.69) is 30.4 Å². The summed E-state index contributed by atoms with van der Waals surface area (Å²) in [4.78, 5) is 1.09. The first-order valence-corrected chi connectivity index (χ1v) is 9.16. The first-order chi connectivity index (χ1) is 7.03. The largest absolute Gasteiger partial charge is 0.496 e. The summed E-state index contributed by atoms with van der Waals surface area (Å²) in [6, 6.07) is 7.96. The van der Waals surface area contributed by atoms with E-state index in [4.69, 9.17) is 4.74 Å². The fourth-order valence-electron chi connectivity index (χ4n) is 0.937. The molecule has 1 nitrogen and oxygen atoms in total. The summed E-state index contributed by atoms with van der Waals surface area (Å²) < 4.78 is 5.25. The normalized spacial score (nSPS) is 10.4. The van der Waals surface area contributed by atoms with Gasteiger partial charge in [-0.3, -0.25) is 0 Å². The van der Waals surface area contributed by atoms with Crippen LogP contribution in [0, 0.1) is 10.8 Å². The highest BCUT2D eigenvalue weighted by Crippen LogP contribution is 2.27. The van der Waals surface area contributed by atoms with Gasteiger partial charge in [-0.2, -0.15) is 0 Å². The maximum atomic E-state index is 5.25. The number of rotatable bonds is 2. The lowest BCUT2D eigenvalue weighted by Crippen LogP contribution is -2.15. The van der Waals surface area contributed by atoms with Gasteiger partial charge in [0.15, 0.2) is 0 Å². The molecule has 0 fully saturated rings. The van der Waals surface area contributed by atoms with Crippen molar-refractivity contribution in [2.75, 3.05) is 7.11 Å². The van der Waals surface area contributed by atoms with E-state index in [0.717, 1.165) is 10.6 Å². The lowest BCUT2D eigenvalue weighted by Gasteiger charge is -2.05. The van der Waals surface area contributed by atoms with Gasteiger partial charge in [0.2, 0.25) is 0 Å². The first kappa shape index (κ1) is 12.2. The second-order valence-electron chi connectivity index (χ2n) is 4.23. The molecule has 0 spiro atoms. The van der Waals surface area contributed by atoms with Crippen molar-refractivity contribution in [1.29, 1.82) is 0 Å².